The van der Waals surface area contributed by atoms with Crippen LogP contribution in [0.3, 0.4) is 0 Å². The van der Waals surface area contributed by atoms with E-state index in [0.717, 1.165) is 29.8 Å². The number of hydrogen-bond acceptors (Lipinski definition) is 6. The molecule has 1 aliphatic rings. The molecule has 3 aromatic rings. The van der Waals surface area contributed by atoms with Crippen LogP contribution in [0.25, 0.3) is 11.0 Å². The minimum absolute atomic E-state index is 0.175. The lowest BCUT2D eigenvalue weighted by Gasteiger charge is -2.18. The Morgan fingerprint density at radius 2 is 2.00 bits per heavy atom. The summed E-state index contributed by atoms with van der Waals surface area (Å²) >= 11 is 0. The van der Waals surface area contributed by atoms with Crippen molar-refractivity contribution >= 4 is 16.9 Å². The van der Waals surface area contributed by atoms with Gasteiger partial charge < -0.3 is 10.0 Å². The van der Waals surface area contributed by atoms with Gasteiger partial charge in [0.2, 0.25) is 0 Å². The predicted molar refractivity (Wildman–Crippen MR) is 90.7 cm³/mol. The van der Waals surface area contributed by atoms with Crippen molar-refractivity contribution in [3.8, 4) is 0 Å². The smallest absolute Gasteiger partial charge is 0.163 e. The average molecular weight is 324 g/mol. The normalized spacial score (nSPS) is 20.9. The van der Waals surface area contributed by atoms with Gasteiger partial charge in [-0.05, 0) is 31.0 Å². The van der Waals surface area contributed by atoms with Crippen LogP contribution in [0.4, 0.5) is 5.82 Å². The second-order valence-electron chi connectivity index (χ2n) is 6.39. The van der Waals surface area contributed by atoms with Gasteiger partial charge in [-0.25, -0.2) is 9.97 Å². The molecule has 0 spiro atoms. The number of pyridine rings is 1. The summed E-state index contributed by atoms with van der Waals surface area (Å²) < 4.78 is 1.76. The van der Waals surface area contributed by atoms with E-state index in [0.29, 0.717) is 12.4 Å². The summed E-state index contributed by atoms with van der Waals surface area (Å²) in [5.74, 6) is 1.75. The summed E-state index contributed by atoms with van der Waals surface area (Å²) in [5, 5.41) is 15.7. The fourth-order valence-electron chi connectivity index (χ4n) is 3.40. The van der Waals surface area contributed by atoms with Crippen LogP contribution < -0.4 is 4.90 Å². The molecule has 124 valence electrons. The highest BCUT2D eigenvalue weighted by atomic mass is 16.3. The van der Waals surface area contributed by atoms with Gasteiger partial charge in [-0.1, -0.05) is 0 Å². The monoisotopic (exact) mass is 324 g/mol. The minimum Gasteiger partial charge on any atom is -0.391 e. The van der Waals surface area contributed by atoms with Crippen LogP contribution in [0.5, 0.6) is 0 Å². The summed E-state index contributed by atoms with van der Waals surface area (Å²) in [5.41, 5.74) is 2.02. The molecule has 0 saturated carbocycles. The minimum atomic E-state index is -0.375. The fourth-order valence-corrected chi connectivity index (χ4v) is 3.40. The summed E-state index contributed by atoms with van der Waals surface area (Å²) in [4.78, 5) is 15.3. The first-order chi connectivity index (χ1) is 11.6. The zero-order valence-corrected chi connectivity index (χ0v) is 13.8. The van der Waals surface area contributed by atoms with E-state index in [1.807, 2.05) is 26.1 Å². The standard InChI is InChI=1S/C17H20N6O/c1-11-20-16-14(8-19-22(16)2)17(21-11)23-9-13(15(24)10-23)7-12-3-5-18-6-4-12/h3-6,8,13,15,24H,7,9-10H2,1-2H3/t13-,15+/m1/s1. The van der Waals surface area contributed by atoms with Crippen LogP contribution in [0, 0.1) is 12.8 Å². The van der Waals surface area contributed by atoms with E-state index in [1.165, 1.54) is 5.56 Å². The number of anilines is 1. The van der Waals surface area contributed by atoms with Crippen molar-refractivity contribution in [1.82, 2.24) is 24.7 Å². The highest BCUT2D eigenvalue weighted by molar-refractivity contribution is 5.87. The molecule has 0 unspecified atom stereocenters. The molecule has 3 aromatic heterocycles. The molecule has 0 radical (unpaired) electrons. The number of rotatable bonds is 3. The highest BCUT2D eigenvalue weighted by Crippen LogP contribution is 2.30. The van der Waals surface area contributed by atoms with E-state index in [9.17, 15) is 5.11 Å². The number of nitrogens with zero attached hydrogens (tertiary/aromatic N) is 6. The highest BCUT2D eigenvalue weighted by Gasteiger charge is 2.33. The van der Waals surface area contributed by atoms with Gasteiger partial charge in [0.25, 0.3) is 0 Å². The van der Waals surface area contributed by atoms with Gasteiger partial charge in [0.05, 0.1) is 17.7 Å². The second-order valence-corrected chi connectivity index (χ2v) is 6.39. The van der Waals surface area contributed by atoms with Crippen molar-refractivity contribution in [3.63, 3.8) is 0 Å². The van der Waals surface area contributed by atoms with Gasteiger partial charge in [-0.15, -0.1) is 0 Å². The molecule has 4 heterocycles. The molecule has 7 nitrogen and oxygen atoms in total. The third-order valence-electron chi connectivity index (χ3n) is 4.64. The summed E-state index contributed by atoms with van der Waals surface area (Å²) in [6.45, 7) is 3.23. The van der Waals surface area contributed by atoms with Crippen molar-refractivity contribution in [3.05, 3.63) is 42.1 Å². The summed E-state index contributed by atoms with van der Waals surface area (Å²) in [7, 11) is 1.88. The fraction of sp³-hybridized carbons (Fsp3) is 0.412. The molecular weight excluding hydrogens is 304 g/mol. The second kappa shape index (κ2) is 5.83. The van der Waals surface area contributed by atoms with Crippen LogP contribution in [0.2, 0.25) is 0 Å². The van der Waals surface area contributed by atoms with E-state index in [1.54, 1.807) is 23.3 Å². The van der Waals surface area contributed by atoms with Crippen LogP contribution in [-0.4, -0.2) is 49.0 Å². The zero-order valence-electron chi connectivity index (χ0n) is 13.8. The summed E-state index contributed by atoms with van der Waals surface area (Å²) in [6, 6.07) is 4.01. The molecule has 0 amide bonds. The molecule has 0 bridgehead atoms. The molecule has 0 aromatic carbocycles. The third kappa shape index (κ3) is 2.60. The van der Waals surface area contributed by atoms with Crippen LogP contribution in [0.15, 0.2) is 30.7 Å². The quantitative estimate of drug-likeness (QED) is 0.777. The van der Waals surface area contributed by atoms with Gasteiger partial charge in [-0.2, -0.15) is 5.10 Å². The maximum Gasteiger partial charge on any atom is 0.163 e. The Morgan fingerprint density at radius 1 is 1.21 bits per heavy atom. The van der Waals surface area contributed by atoms with Crippen molar-refractivity contribution in [2.75, 3.05) is 18.0 Å². The van der Waals surface area contributed by atoms with Crippen LogP contribution >= 0.6 is 0 Å². The molecule has 7 heteroatoms. The Bertz CT molecular complexity index is 862. The van der Waals surface area contributed by atoms with E-state index < -0.39 is 0 Å². The number of aliphatic hydroxyl groups excluding tert-OH is 1. The largest absolute Gasteiger partial charge is 0.391 e. The van der Waals surface area contributed by atoms with E-state index in [4.69, 9.17) is 0 Å². The van der Waals surface area contributed by atoms with Gasteiger partial charge in [0.15, 0.2) is 5.65 Å². The molecule has 1 aliphatic heterocycles. The first kappa shape index (κ1) is 15.0. The SMILES string of the molecule is Cc1nc(N2C[C@@H](Cc3ccncc3)[C@@H](O)C2)c2cnn(C)c2n1. The lowest BCUT2D eigenvalue weighted by atomic mass is 9.97. The molecule has 1 saturated heterocycles. The van der Waals surface area contributed by atoms with Crippen molar-refractivity contribution in [2.45, 2.75) is 19.4 Å². The molecule has 0 aliphatic carbocycles. The van der Waals surface area contributed by atoms with Gasteiger partial charge in [0.1, 0.15) is 11.6 Å². The Morgan fingerprint density at radius 3 is 2.79 bits per heavy atom. The van der Waals surface area contributed by atoms with Crippen molar-refractivity contribution < 1.29 is 5.11 Å². The number of β-amino-alcohol motifs (C(OH)–C–C–N with tert-alkyl or cyclic N) is 1. The predicted octanol–water partition coefficient (Wildman–Crippen LogP) is 1.11. The Labute approximate surface area is 140 Å². The van der Waals surface area contributed by atoms with Crippen LogP contribution in [0.1, 0.15) is 11.4 Å². The lowest BCUT2D eigenvalue weighted by molar-refractivity contribution is 0.148. The molecule has 1 N–H and O–H groups in total. The Kier molecular flexibility index (Phi) is 3.65. The summed E-state index contributed by atoms with van der Waals surface area (Å²) in [6.07, 6.45) is 5.84. The van der Waals surface area contributed by atoms with E-state index in [-0.39, 0.29) is 12.0 Å². The average Bonchev–Trinajstić information content (AvgIpc) is 3.12. The first-order valence-corrected chi connectivity index (χ1v) is 8.10. The van der Waals surface area contributed by atoms with Crippen molar-refractivity contribution in [1.29, 1.82) is 0 Å². The topological polar surface area (TPSA) is 80.0 Å². The number of hydrogen-bond donors (Lipinski definition) is 1. The van der Waals surface area contributed by atoms with Crippen LogP contribution in [-0.2, 0) is 13.5 Å². The van der Waals surface area contributed by atoms with E-state index in [2.05, 4.69) is 25.0 Å². The lowest BCUT2D eigenvalue weighted by Crippen LogP contribution is -2.23. The van der Waals surface area contributed by atoms with Crippen molar-refractivity contribution in [2.24, 2.45) is 13.0 Å². The van der Waals surface area contributed by atoms with E-state index >= 15 is 0 Å². The number of aliphatic hydroxyl groups is 1. The molecule has 4 rings (SSSR count). The first-order valence-electron chi connectivity index (χ1n) is 8.10. The third-order valence-corrected chi connectivity index (χ3v) is 4.64. The molecule has 1 fully saturated rings. The number of aryl methyl sites for hydroxylation is 2. The maximum atomic E-state index is 10.5. The Balaban J connectivity index is 1.62. The van der Waals surface area contributed by atoms with Gasteiger partial charge in [0, 0.05) is 38.4 Å². The number of fused-ring (bicyclic) bond motifs is 1. The number of aromatic nitrogens is 5. The molecule has 2 atom stereocenters. The van der Waals surface area contributed by atoms with Gasteiger partial charge in [-0.3, -0.25) is 9.67 Å². The molecular formula is C17H20N6O. The zero-order chi connectivity index (χ0) is 16.7. The maximum absolute atomic E-state index is 10.5. The molecule has 24 heavy (non-hydrogen) atoms. The van der Waals surface area contributed by atoms with Gasteiger partial charge >= 0.3 is 0 Å². The Hall–Kier alpha value is -2.54.